The first kappa shape index (κ1) is 19.8. The number of hydrogen-bond acceptors (Lipinski definition) is 6. The first-order chi connectivity index (χ1) is 12.8. The summed E-state index contributed by atoms with van der Waals surface area (Å²) in [6, 6.07) is 0. The van der Waals surface area contributed by atoms with Crippen molar-refractivity contribution in [2.75, 3.05) is 39.3 Å². The van der Waals surface area contributed by atoms with Gasteiger partial charge in [0.1, 0.15) is 10.6 Å². The van der Waals surface area contributed by atoms with E-state index in [-0.39, 0.29) is 47.9 Å². The van der Waals surface area contributed by atoms with Crippen molar-refractivity contribution in [2.45, 2.75) is 38.5 Å². The summed E-state index contributed by atoms with van der Waals surface area (Å²) in [6.45, 7) is 7.39. The minimum atomic E-state index is -3.70. The van der Waals surface area contributed by atoms with E-state index in [0.29, 0.717) is 31.9 Å². The predicted octanol–water partition coefficient (Wildman–Crippen LogP) is 0.383. The van der Waals surface area contributed by atoms with E-state index < -0.39 is 10.0 Å². The van der Waals surface area contributed by atoms with E-state index in [1.165, 1.54) is 4.31 Å². The number of carbonyl (C=O) groups excluding carboxylic acids is 2. The second-order valence-electron chi connectivity index (χ2n) is 7.12. The third kappa shape index (κ3) is 3.73. The normalized spacial score (nSPS) is 21.9. The number of aryl methyl sites for hydroxylation is 2. The fourth-order valence-electron chi connectivity index (χ4n) is 3.80. The number of aromatic nitrogens is 1. The van der Waals surface area contributed by atoms with E-state index in [1.807, 2.05) is 6.92 Å². The van der Waals surface area contributed by atoms with Gasteiger partial charge in [0.2, 0.25) is 21.8 Å². The summed E-state index contributed by atoms with van der Waals surface area (Å²) in [5, 5.41) is 3.72. The number of nitrogens with zero attached hydrogens (tertiary/aromatic N) is 4. The standard InChI is InChI=1S/C17H26N4O5S/c1-4-5-20-11-14(10-15(20)22)17(23)19-6-8-21(9-7-19)27(24,25)16-12(2)18-26-13(16)3/h14H,4-11H2,1-3H3. The molecule has 0 aromatic carbocycles. The Labute approximate surface area is 159 Å². The van der Waals surface area contributed by atoms with Crippen LogP contribution < -0.4 is 0 Å². The number of likely N-dealkylation sites (tertiary alicyclic amines) is 1. The molecule has 2 aliphatic heterocycles. The molecule has 1 aromatic rings. The van der Waals surface area contributed by atoms with Crippen LogP contribution in [-0.2, 0) is 19.6 Å². The van der Waals surface area contributed by atoms with Gasteiger partial charge in [-0.25, -0.2) is 8.42 Å². The molecule has 150 valence electrons. The van der Waals surface area contributed by atoms with Gasteiger partial charge in [0, 0.05) is 45.7 Å². The van der Waals surface area contributed by atoms with E-state index in [4.69, 9.17) is 4.52 Å². The molecule has 2 saturated heterocycles. The van der Waals surface area contributed by atoms with Crippen LogP contribution >= 0.6 is 0 Å². The van der Waals surface area contributed by atoms with Crippen molar-refractivity contribution < 1.29 is 22.5 Å². The molecule has 1 aromatic heterocycles. The third-order valence-corrected chi connectivity index (χ3v) is 7.32. The van der Waals surface area contributed by atoms with Crippen LogP contribution in [0.5, 0.6) is 0 Å². The average Bonchev–Trinajstić information content (AvgIpc) is 3.17. The van der Waals surface area contributed by atoms with Gasteiger partial charge in [0.05, 0.1) is 5.92 Å². The molecule has 0 saturated carbocycles. The molecule has 2 fully saturated rings. The highest BCUT2D eigenvalue weighted by Gasteiger charge is 2.39. The Kier molecular flexibility index (Phi) is 5.57. The van der Waals surface area contributed by atoms with Crippen molar-refractivity contribution in [1.82, 2.24) is 19.3 Å². The van der Waals surface area contributed by atoms with E-state index in [1.54, 1.807) is 23.6 Å². The summed E-state index contributed by atoms with van der Waals surface area (Å²) < 4.78 is 32.1. The number of carbonyl (C=O) groups is 2. The quantitative estimate of drug-likeness (QED) is 0.710. The molecule has 0 spiro atoms. The van der Waals surface area contributed by atoms with Crippen molar-refractivity contribution in [3.05, 3.63) is 11.5 Å². The summed E-state index contributed by atoms with van der Waals surface area (Å²) in [6.07, 6.45) is 1.11. The van der Waals surface area contributed by atoms with Gasteiger partial charge in [0.25, 0.3) is 0 Å². The first-order valence-electron chi connectivity index (χ1n) is 9.25. The lowest BCUT2D eigenvalue weighted by molar-refractivity contribution is -0.137. The molecule has 3 heterocycles. The van der Waals surface area contributed by atoms with Crippen molar-refractivity contribution in [3.63, 3.8) is 0 Å². The van der Waals surface area contributed by atoms with E-state index in [9.17, 15) is 18.0 Å². The Bertz CT molecular complexity index is 807. The largest absolute Gasteiger partial charge is 0.360 e. The van der Waals surface area contributed by atoms with Gasteiger partial charge < -0.3 is 14.3 Å². The monoisotopic (exact) mass is 398 g/mol. The zero-order chi connectivity index (χ0) is 19.8. The summed E-state index contributed by atoms with van der Waals surface area (Å²) >= 11 is 0. The Hall–Kier alpha value is -1.94. The van der Waals surface area contributed by atoms with Crippen LogP contribution in [0.4, 0.5) is 0 Å². The van der Waals surface area contributed by atoms with Crippen LogP contribution in [-0.4, -0.2) is 78.8 Å². The van der Waals surface area contributed by atoms with Gasteiger partial charge in [-0.1, -0.05) is 12.1 Å². The fourth-order valence-corrected chi connectivity index (χ4v) is 5.52. The summed E-state index contributed by atoms with van der Waals surface area (Å²) in [4.78, 5) is 28.3. The molecular formula is C17H26N4O5S. The van der Waals surface area contributed by atoms with Crippen molar-refractivity contribution in [3.8, 4) is 0 Å². The Balaban J connectivity index is 1.62. The van der Waals surface area contributed by atoms with Gasteiger partial charge >= 0.3 is 0 Å². The number of amides is 2. The smallest absolute Gasteiger partial charge is 0.248 e. The highest BCUT2D eigenvalue weighted by Crippen LogP contribution is 2.25. The van der Waals surface area contributed by atoms with Crippen LogP contribution in [0, 0.1) is 19.8 Å². The Morgan fingerprint density at radius 1 is 1.22 bits per heavy atom. The van der Waals surface area contributed by atoms with E-state index in [2.05, 4.69) is 5.16 Å². The van der Waals surface area contributed by atoms with Crippen LogP contribution in [0.2, 0.25) is 0 Å². The number of piperazine rings is 1. The van der Waals surface area contributed by atoms with Gasteiger partial charge in [-0.3, -0.25) is 9.59 Å². The molecule has 10 heteroatoms. The first-order valence-corrected chi connectivity index (χ1v) is 10.7. The lowest BCUT2D eigenvalue weighted by Crippen LogP contribution is -2.52. The lowest BCUT2D eigenvalue weighted by Gasteiger charge is -2.35. The summed E-state index contributed by atoms with van der Waals surface area (Å²) in [7, 11) is -3.70. The molecular weight excluding hydrogens is 372 g/mol. The molecule has 9 nitrogen and oxygen atoms in total. The third-order valence-electron chi connectivity index (χ3n) is 5.17. The minimum absolute atomic E-state index is 0.0230. The molecule has 3 rings (SSSR count). The topological polar surface area (TPSA) is 104 Å². The van der Waals surface area contributed by atoms with Crippen molar-refractivity contribution in [2.24, 2.45) is 5.92 Å². The van der Waals surface area contributed by atoms with Gasteiger partial charge in [-0.15, -0.1) is 0 Å². The number of hydrogen-bond donors (Lipinski definition) is 0. The highest BCUT2D eigenvalue weighted by molar-refractivity contribution is 7.89. The molecule has 0 N–H and O–H groups in total. The molecule has 1 unspecified atom stereocenters. The molecule has 1 atom stereocenters. The second kappa shape index (κ2) is 7.59. The average molecular weight is 398 g/mol. The fraction of sp³-hybridized carbons (Fsp3) is 0.706. The zero-order valence-electron chi connectivity index (χ0n) is 16.0. The van der Waals surface area contributed by atoms with Crippen LogP contribution in [0.25, 0.3) is 0 Å². The maximum absolute atomic E-state index is 12.9. The summed E-state index contributed by atoms with van der Waals surface area (Å²) in [5.74, 6) is -0.0904. The van der Waals surface area contributed by atoms with Gasteiger partial charge in [-0.05, 0) is 20.3 Å². The van der Waals surface area contributed by atoms with E-state index >= 15 is 0 Å². The van der Waals surface area contributed by atoms with Crippen LogP contribution in [0.1, 0.15) is 31.2 Å². The minimum Gasteiger partial charge on any atom is -0.360 e. The van der Waals surface area contributed by atoms with Crippen molar-refractivity contribution in [1.29, 1.82) is 0 Å². The second-order valence-corrected chi connectivity index (χ2v) is 9.00. The molecule has 0 aliphatic carbocycles. The molecule has 2 amide bonds. The lowest BCUT2D eigenvalue weighted by atomic mass is 10.1. The maximum atomic E-state index is 12.9. The van der Waals surface area contributed by atoms with Crippen molar-refractivity contribution >= 4 is 21.8 Å². The summed E-state index contributed by atoms with van der Waals surface area (Å²) in [5.41, 5.74) is 0.339. The van der Waals surface area contributed by atoms with Crippen LogP contribution in [0.15, 0.2) is 9.42 Å². The number of sulfonamides is 1. The van der Waals surface area contributed by atoms with Crippen LogP contribution in [0.3, 0.4) is 0 Å². The maximum Gasteiger partial charge on any atom is 0.248 e. The molecule has 2 aliphatic rings. The molecule has 0 bridgehead atoms. The van der Waals surface area contributed by atoms with Gasteiger partial charge in [0.15, 0.2) is 5.76 Å². The highest BCUT2D eigenvalue weighted by atomic mass is 32.2. The van der Waals surface area contributed by atoms with E-state index in [0.717, 1.165) is 6.42 Å². The number of rotatable bonds is 5. The Morgan fingerprint density at radius 3 is 2.44 bits per heavy atom. The van der Waals surface area contributed by atoms with Gasteiger partial charge in [-0.2, -0.15) is 4.31 Å². The molecule has 0 radical (unpaired) electrons. The zero-order valence-corrected chi connectivity index (χ0v) is 16.8. The predicted molar refractivity (Wildman–Crippen MR) is 96.3 cm³/mol. The SMILES string of the molecule is CCCN1CC(C(=O)N2CCN(S(=O)(=O)c3c(C)noc3C)CC2)CC1=O. The Morgan fingerprint density at radius 2 is 1.89 bits per heavy atom. The molecule has 27 heavy (non-hydrogen) atoms.